The van der Waals surface area contributed by atoms with Crippen LogP contribution in [0.4, 0.5) is 13.6 Å². The van der Waals surface area contributed by atoms with E-state index in [2.05, 4.69) is 0 Å². The van der Waals surface area contributed by atoms with Gasteiger partial charge in [0.1, 0.15) is 11.8 Å². The first-order valence-corrected chi connectivity index (χ1v) is 7.71. The van der Waals surface area contributed by atoms with Gasteiger partial charge in [-0.2, -0.15) is 0 Å². The van der Waals surface area contributed by atoms with Crippen LogP contribution in [0.3, 0.4) is 0 Å². The summed E-state index contributed by atoms with van der Waals surface area (Å²) >= 11 is 0. The van der Waals surface area contributed by atoms with Crippen molar-refractivity contribution in [3.63, 3.8) is 0 Å². The van der Waals surface area contributed by atoms with Crippen LogP contribution >= 0.6 is 0 Å². The van der Waals surface area contributed by atoms with E-state index >= 15 is 0 Å². The first-order valence-electron chi connectivity index (χ1n) is 7.71. The summed E-state index contributed by atoms with van der Waals surface area (Å²) < 4.78 is 32.6. The van der Waals surface area contributed by atoms with Crippen molar-refractivity contribution in [1.82, 2.24) is 9.80 Å². The number of allylic oxidation sites excluding steroid dienone is 1. The van der Waals surface area contributed by atoms with E-state index in [-0.39, 0.29) is 18.8 Å². The zero-order chi connectivity index (χ0) is 17.2. The maximum absolute atomic E-state index is 14.4. The number of piperidine rings is 1. The first kappa shape index (κ1) is 17.5. The summed E-state index contributed by atoms with van der Waals surface area (Å²) in [5, 5.41) is 0. The van der Waals surface area contributed by atoms with Crippen molar-refractivity contribution in [1.29, 1.82) is 0 Å². The summed E-state index contributed by atoms with van der Waals surface area (Å²) in [6, 6.07) is 0. The van der Waals surface area contributed by atoms with Gasteiger partial charge < -0.3 is 14.5 Å². The Morgan fingerprint density at radius 2 is 1.78 bits per heavy atom. The van der Waals surface area contributed by atoms with Crippen LogP contribution < -0.4 is 0 Å². The van der Waals surface area contributed by atoms with Gasteiger partial charge in [-0.25, -0.2) is 18.4 Å². The minimum atomic E-state index is -1.02. The molecule has 5 nitrogen and oxygen atoms in total. The summed E-state index contributed by atoms with van der Waals surface area (Å²) in [4.78, 5) is 25.8. The molecule has 0 spiro atoms. The summed E-state index contributed by atoms with van der Waals surface area (Å²) in [6.45, 7) is 6.06. The van der Waals surface area contributed by atoms with Crippen LogP contribution in [-0.2, 0) is 9.53 Å². The molecule has 0 atom stereocenters. The van der Waals surface area contributed by atoms with Gasteiger partial charge in [0.05, 0.1) is 13.1 Å². The quantitative estimate of drug-likeness (QED) is 0.731. The molecule has 0 bridgehead atoms. The van der Waals surface area contributed by atoms with Crippen LogP contribution in [0.25, 0.3) is 0 Å². The standard InChI is InChI=1S/C16H22F2N2O3/c1-16(2,3)23-15(22)19-6-4-11(5-7-19)14(18)13(10-21)20-8-12(17)9-20/h12H,4-9H2,1-3H3. The molecule has 0 N–H and O–H groups in total. The molecule has 2 aliphatic rings. The van der Waals surface area contributed by atoms with E-state index in [1.54, 1.807) is 26.7 Å². The molecule has 0 aromatic carbocycles. The molecule has 0 radical (unpaired) electrons. The van der Waals surface area contributed by atoms with Gasteiger partial charge >= 0.3 is 6.09 Å². The lowest BCUT2D eigenvalue weighted by Gasteiger charge is -2.36. The first-order chi connectivity index (χ1) is 10.7. The van der Waals surface area contributed by atoms with Crippen molar-refractivity contribution in [2.45, 2.75) is 45.4 Å². The molecule has 1 amide bonds. The fourth-order valence-electron chi connectivity index (χ4n) is 2.53. The van der Waals surface area contributed by atoms with Crippen LogP contribution in [0.15, 0.2) is 17.1 Å². The number of rotatable bonds is 2. The Balaban J connectivity index is 1.97. The van der Waals surface area contributed by atoms with Gasteiger partial charge in [-0.3, -0.25) is 0 Å². The van der Waals surface area contributed by atoms with E-state index in [1.165, 1.54) is 9.80 Å². The van der Waals surface area contributed by atoms with E-state index in [1.807, 2.05) is 0 Å². The predicted molar refractivity (Wildman–Crippen MR) is 80.9 cm³/mol. The molecule has 2 saturated heterocycles. The molecule has 0 unspecified atom stereocenters. The highest BCUT2D eigenvalue weighted by molar-refractivity contribution is 5.68. The van der Waals surface area contributed by atoms with Crippen molar-refractivity contribution >= 4 is 12.0 Å². The molecule has 7 heteroatoms. The number of carbonyl (C=O) groups is 1. The van der Waals surface area contributed by atoms with Gasteiger partial charge in [0.2, 0.25) is 0 Å². The molecular weight excluding hydrogens is 306 g/mol. The molecule has 0 aromatic heterocycles. The summed E-state index contributed by atoms with van der Waals surface area (Å²) in [6.07, 6.45) is -0.803. The molecule has 2 fully saturated rings. The summed E-state index contributed by atoms with van der Waals surface area (Å²) in [5.74, 6) is 0.946. The average molecular weight is 328 g/mol. The minimum Gasteiger partial charge on any atom is -0.444 e. The maximum atomic E-state index is 14.4. The van der Waals surface area contributed by atoms with Crippen molar-refractivity contribution in [2.75, 3.05) is 26.2 Å². The smallest absolute Gasteiger partial charge is 0.410 e. The van der Waals surface area contributed by atoms with Gasteiger partial charge in [-0.1, -0.05) is 0 Å². The second kappa shape index (κ2) is 6.71. The molecule has 128 valence electrons. The van der Waals surface area contributed by atoms with Gasteiger partial charge in [0.25, 0.3) is 0 Å². The van der Waals surface area contributed by atoms with Crippen LogP contribution in [-0.4, -0.2) is 59.8 Å². The lowest BCUT2D eigenvalue weighted by molar-refractivity contribution is 0.0234. The van der Waals surface area contributed by atoms with Gasteiger partial charge in [-0.15, -0.1) is 0 Å². The van der Waals surface area contributed by atoms with Crippen molar-refractivity contribution < 1.29 is 23.1 Å². The Morgan fingerprint density at radius 1 is 1.22 bits per heavy atom. The van der Waals surface area contributed by atoms with E-state index in [0.29, 0.717) is 31.5 Å². The third-order valence-electron chi connectivity index (χ3n) is 3.79. The molecule has 0 aliphatic carbocycles. The normalized spacial score (nSPS) is 19.1. The molecule has 23 heavy (non-hydrogen) atoms. The monoisotopic (exact) mass is 328 g/mol. The Hall–Kier alpha value is -1.88. The minimum absolute atomic E-state index is 0.0231. The van der Waals surface area contributed by atoms with E-state index < -0.39 is 23.7 Å². The number of carbonyl (C=O) groups excluding carboxylic acids is 2. The molecular formula is C16H22F2N2O3. The zero-order valence-electron chi connectivity index (χ0n) is 13.7. The fraction of sp³-hybridized carbons (Fsp3) is 0.688. The number of nitrogens with zero attached hydrogens (tertiary/aromatic N) is 2. The molecule has 0 saturated carbocycles. The van der Waals surface area contributed by atoms with Crippen molar-refractivity contribution in [2.24, 2.45) is 0 Å². The maximum Gasteiger partial charge on any atom is 0.410 e. The summed E-state index contributed by atoms with van der Waals surface area (Å²) in [5.41, 5.74) is -0.322. The SMILES string of the molecule is CC(C)(C)OC(=O)N1CCC(=C(F)C(=C=O)N2CC(F)C2)CC1. The van der Waals surface area contributed by atoms with Gasteiger partial charge in [0, 0.05) is 13.1 Å². The second-order valence-electron chi connectivity index (χ2n) is 6.84. The lowest BCUT2D eigenvalue weighted by Crippen LogP contribution is -2.48. The largest absolute Gasteiger partial charge is 0.444 e. The van der Waals surface area contributed by atoms with E-state index in [9.17, 15) is 18.4 Å². The number of likely N-dealkylation sites (tertiary alicyclic amines) is 2. The molecule has 2 rings (SSSR count). The van der Waals surface area contributed by atoms with Crippen LogP contribution in [0.1, 0.15) is 33.6 Å². The second-order valence-corrected chi connectivity index (χ2v) is 6.84. The Labute approximate surface area is 134 Å². The number of ether oxygens (including phenoxy) is 1. The third-order valence-corrected chi connectivity index (χ3v) is 3.79. The van der Waals surface area contributed by atoms with Crippen molar-refractivity contribution in [3.8, 4) is 0 Å². The lowest BCUT2D eigenvalue weighted by atomic mass is 10.0. The highest BCUT2D eigenvalue weighted by Crippen LogP contribution is 2.29. The summed E-state index contributed by atoms with van der Waals surface area (Å²) in [7, 11) is 0. The Morgan fingerprint density at radius 3 is 2.22 bits per heavy atom. The van der Waals surface area contributed by atoms with E-state index in [0.717, 1.165) is 0 Å². The number of hydrogen-bond acceptors (Lipinski definition) is 4. The highest BCUT2D eigenvalue weighted by atomic mass is 19.1. The van der Waals surface area contributed by atoms with Crippen LogP contribution in [0.5, 0.6) is 0 Å². The Bertz CT molecular complexity index is 546. The van der Waals surface area contributed by atoms with Gasteiger partial charge in [-0.05, 0) is 39.2 Å². The number of alkyl halides is 1. The molecule has 2 aliphatic heterocycles. The highest BCUT2D eigenvalue weighted by Gasteiger charge is 2.33. The number of amides is 1. The topological polar surface area (TPSA) is 49.9 Å². The van der Waals surface area contributed by atoms with Crippen LogP contribution in [0.2, 0.25) is 0 Å². The van der Waals surface area contributed by atoms with Crippen LogP contribution in [0, 0.1) is 0 Å². The number of halogens is 2. The molecule has 2 heterocycles. The number of hydrogen-bond donors (Lipinski definition) is 0. The predicted octanol–water partition coefficient (Wildman–Crippen LogP) is 2.61. The van der Waals surface area contributed by atoms with Crippen molar-refractivity contribution in [3.05, 3.63) is 17.1 Å². The Kier molecular flexibility index (Phi) is 5.09. The third kappa shape index (κ3) is 4.32. The molecule has 0 aromatic rings. The average Bonchev–Trinajstić information content (AvgIpc) is 2.44. The zero-order valence-corrected chi connectivity index (χ0v) is 13.7. The fourth-order valence-corrected chi connectivity index (χ4v) is 2.53. The van der Waals surface area contributed by atoms with Gasteiger partial charge in [0.15, 0.2) is 17.5 Å². The van der Waals surface area contributed by atoms with E-state index in [4.69, 9.17) is 4.74 Å².